The second kappa shape index (κ2) is 5.89. The van der Waals surface area contributed by atoms with E-state index in [1.54, 1.807) is 13.1 Å². The van der Waals surface area contributed by atoms with Crippen molar-refractivity contribution in [2.45, 2.75) is 13.8 Å². The van der Waals surface area contributed by atoms with E-state index in [1.165, 1.54) is 0 Å². The van der Waals surface area contributed by atoms with Gasteiger partial charge in [-0.15, -0.1) is 0 Å². The monoisotopic (exact) mass is 223 g/mol. The third-order valence-electron chi connectivity index (χ3n) is 1.90. The average molecular weight is 223 g/mol. The molecular formula is C10H17N5O. The van der Waals surface area contributed by atoms with Gasteiger partial charge in [-0.3, -0.25) is 4.79 Å². The zero-order chi connectivity index (χ0) is 12.0. The molecule has 0 spiro atoms. The molecule has 1 rings (SSSR count). The van der Waals surface area contributed by atoms with Gasteiger partial charge in [-0.1, -0.05) is 0 Å². The summed E-state index contributed by atoms with van der Waals surface area (Å²) < 4.78 is 0. The van der Waals surface area contributed by atoms with Crippen molar-refractivity contribution in [2.24, 2.45) is 0 Å². The van der Waals surface area contributed by atoms with E-state index in [-0.39, 0.29) is 12.5 Å². The van der Waals surface area contributed by atoms with Gasteiger partial charge >= 0.3 is 0 Å². The van der Waals surface area contributed by atoms with E-state index in [1.807, 2.05) is 13.8 Å². The molecule has 1 amide bonds. The number of carbonyl (C=O) groups is 1. The van der Waals surface area contributed by atoms with E-state index in [4.69, 9.17) is 0 Å². The Morgan fingerprint density at radius 3 is 2.75 bits per heavy atom. The minimum atomic E-state index is -0.0822. The van der Waals surface area contributed by atoms with Crippen LogP contribution in [-0.4, -0.2) is 36.0 Å². The van der Waals surface area contributed by atoms with Gasteiger partial charge in [0.15, 0.2) is 0 Å². The van der Waals surface area contributed by atoms with E-state index >= 15 is 0 Å². The third kappa shape index (κ3) is 3.72. The first kappa shape index (κ1) is 12.2. The Balaban J connectivity index is 2.68. The summed E-state index contributed by atoms with van der Waals surface area (Å²) in [6.45, 7) is 4.83. The molecule has 0 aliphatic carbocycles. The molecule has 0 bridgehead atoms. The lowest BCUT2D eigenvalue weighted by atomic mass is 10.4. The molecule has 88 valence electrons. The smallest absolute Gasteiger partial charge is 0.239 e. The number of aromatic nitrogens is 2. The SMILES string of the molecule is CCNc1nc(C)cc(NCC(=O)NC)n1. The summed E-state index contributed by atoms with van der Waals surface area (Å²) in [5.41, 5.74) is 0.852. The molecule has 1 aromatic rings. The molecule has 1 heterocycles. The van der Waals surface area contributed by atoms with Crippen LogP contribution < -0.4 is 16.0 Å². The highest BCUT2D eigenvalue weighted by atomic mass is 16.1. The number of anilines is 2. The minimum absolute atomic E-state index is 0.0822. The molecule has 0 saturated carbocycles. The predicted molar refractivity (Wildman–Crippen MR) is 63.5 cm³/mol. The lowest BCUT2D eigenvalue weighted by molar-refractivity contribution is -0.118. The van der Waals surface area contributed by atoms with Crippen LogP contribution in [-0.2, 0) is 4.79 Å². The van der Waals surface area contributed by atoms with Crippen LogP contribution in [0.2, 0.25) is 0 Å². The molecule has 1 aromatic heterocycles. The Morgan fingerprint density at radius 1 is 1.38 bits per heavy atom. The molecule has 0 aliphatic rings. The van der Waals surface area contributed by atoms with E-state index < -0.39 is 0 Å². The molecule has 0 fully saturated rings. The number of likely N-dealkylation sites (N-methyl/N-ethyl adjacent to an activating group) is 1. The van der Waals surface area contributed by atoms with Crippen molar-refractivity contribution >= 4 is 17.7 Å². The van der Waals surface area contributed by atoms with Crippen LogP contribution in [0.1, 0.15) is 12.6 Å². The summed E-state index contributed by atoms with van der Waals surface area (Å²) in [6, 6.07) is 1.80. The zero-order valence-electron chi connectivity index (χ0n) is 9.79. The first-order chi connectivity index (χ1) is 7.65. The van der Waals surface area contributed by atoms with Crippen LogP contribution in [0.25, 0.3) is 0 Å². The lowest BCUT2D eigenvalue weighted by Crippen LogP contribution is -2.26. The number of hydrogen-bond donors (Lipinski definition) is 3. The number of aryl methyl sites for hydroxylation is 1. The minimum Gasteiger partial charge on any atom is -0.361 e. The zero-order valence-corrected chi connectivity index (χ0v) is 9.79. The average Bonchev–Trinajstić information content (AvgIpc) is 2.25. The molecule has 0 saturated heterocycles. The molecule has 6 nitrogen and oxygen atoms in total. The van der Waals surface area contributed by atoms with Gasteiger partial charge < -0.3 is 16.0 Å². The molecule has 0 radical (unpaired) electrons. The standard InChI is InChI=1S/C10H17N5O/c1-4-12-10-14-7(2)5-8(15-10)13-6-9(16)11-3/h5H,4,6H2,1-3H3,(H,11,16)(H2,12,13,14,15). The van der Waals surface area contributed by atoms with Crippen molar-refractivity contribution in [1.29, 1.82) is 0 Å². The number of amides is 1. The third-order valence-corrected chi connectivity index (χ3v) is 1.90. The van der Waals surface area contributed by atoms with E-state index in [0.29, 0.717) is 11.8 Å². The fourth-order valence-electron chi connectivity index (χ4n) is 1.16. The maximum atomic E-state index is 11.0. The molecule has 16 heavy (non-hydrogen) atoms. The van der Waals surface area contributed by atoms with Gasteiger partial charge in [0, 0.05) is 25.4 Å². The molecule has 0 unspecified atom stereocenters. The summed E-state index contributed by atoms with van der Waals surface area (Å²) in [5, 5.41) is 8.49. The van der Waals surface area contributed by atoms with Gasteiger partial charge in [0.2, 0.25) is 11.9 Å². The topological polar surface area (TPSA) is 78.9 Å². The van der Waals surface area contributed by atoms with Crippen LogP contribution >= 0.6 is 0 Å². The van der Waals surface area contributed by atoms with Gasteiger partial charge in [-0.25, -0.2) is 4.98 Å². The van der Waals surface area contributed by atoms with Crippen LogP contribution in [0, 0.1) is 6.92 Å². The van der Waals surface area contributed by atoms with Crippen LogP contribution in [0.15, 0.2) is 6.07 Å². The summed E-state index contributed by atoms with van der Waals surface area (Å²) in [5.74, 6) is 1.13. The fourth-order valence-corrected chi connectivity index (χ4v) is 1.16. The van der Waals surface area contributed by atoms with Crippen LogP contribution in [0.4, 0.5) is 11.8 Å². The Kier molecular flexibility index (Phi) is 4.50. The number of nitrogens with zero attached hydrogens (tertiary/aromatic N) is 2. The van der Waals surface area contributed by atoms with Gasteiger partial charge in [0.1, 0.15) is 5.82 Å². The first-order valence-electron chi connectivity index (χ1n) is 5.19. The molecule has 3 N–H and O–H groups in total. The largest absolute Gasteiger partial charge is 0.361 e. The summed E-state index contributed by atoms with van der Waals surface area (Å²) >= 11 is 0. The van der Waals surface area contributed by atoms with Crippen molar-refractivity contribution in [3.8, 4) is 0 Å². The van der Waals surface area contributed by atoms with E-state index in [9.17, 15) is 4.79 Å². The fraction of sp³-hybridized carbons (Fsp3) is 0.500. The Hall–Kier alpha value is -1.85. The molecule has 0 aliphatic heterocycles. The molecule has 0 atom stereocenters. The molecule has 0 aromatic carbocycles. The summed E-state index contributed by atoms with van der Waals surface area (Å²) in [4.78, 5) is 19.5. The van der Waals surface area contributed by atoms with Crippen molar-refractivity contribution in [1.82, 2.24) is 15.3 Å². The van der Waals surface area contributed by atoms with Crippen molar-refractivity contribution < 1.29 is 4.79 Å². The van der Waals surface area contributed by atoms with Crippen molar-refractivity contribution in [2.75, 3.05) is 30.8 Å². The summed E-state index contributed by atoms with van der Waals surface area (Å²) in [6.07, 6.45) is 0. The first-order valence-corrected chi connectivity index (χ1v) is 5.19. The Bertz CT molecular complexity index is 366. The second-order valence-electron chi connectivity index (χ2n) is 3.28. The Labute approximate surface area is 94.9 Å². The highest BCUT2D eigenvalue weighted by Crippen LogP contribution is 2.08. The Morgan fingerprint density at radius 2 is 2.12 bits per heavy atom. The lowest BCUT2D eigenvalue weighted by Gasteiger charge is -2.08. The maximum Gasteiger partial charge on any atom is 0.239 e. The second-order valence-corrected chi connectivity index (χ2v) is 3.28. The number of nitrogens with one attached hydrogen (secondary N) is 3. The molecular weight excluding hydrogens is 206 g/mol. The summed E-state index contributed by atoms with van der Waals surface area (Å²) in [7, 11) is 1.60. The number of hydrogen-bond acceptors (Lipinski definition) is 5. The maximum absolute atomic E-state index is 11.0. The van der Waals surface area contributed by atoms with Crippen molar-refractivity contribution in [3.63, 3.8) is 0 Å². The van der Waals surface area contributed by atoms with E-state index in [0.717, 1.165) is 12.2 Å². The highest BCUT2D eigenvalue weighted by Gasteiger charge is 2.02. The van der Waals surface area contributed by atoms with Gasteiger partial charge in [0.25, 0.3) is 0 Å². The number of rotatable bonds is 5. The van der Waals surface area contributed by atoms with Crippen LogP contribution in [0.3, 0.4) is 0 Å². The van der Waals surface area contributed by atoms with Crippen molar-refractivity contribution in [3.05, 3.63) is 11.8 Å². The molecule has 6 heteroatoms. The van der Waals surface area contributed by atoms with Crippen LogP contribution in [0.5, 0.6) is 0 Å². The number of carbonyl (C=O) groups excluding carboxylic acids is 1. The predicted octanol–water partition coefficient (Wildman–Crippen LogP) is 0.375. The normalized spacial score (nSPS) is 9.69. The van der Waals surface area contributed by atoms with Gasteiger partial charge in [0.05, 0.1) is 6.54 Å². The quantitative estimate of drug-likeness (QED) is 0.672. The van der Waals surface area contributed by atoms with Gasteiger partial charge in [-0.05, 0) is 13.8 Å². The van der Waals surface area contributed by atoms with Gasteiger partial charge in [-0.2, -0.15) is 4.98 Å². The van der Waals surface area contributed by atoms with E-state index in [2.05, 4.69) is 25.9 Å². The highest BCUT2D eigenvalue weighted by molar-refractivity contribution is 5.80.